The zero-order valence-electron chi connectivity index (χ0n) is 15.3. The van der Waals surface area contributed by atoms with Crippen LogP contribution in [0.4, 0.5) is 8.78 Å². The van der Waals surface area contributed by atoms with E-state index in [1.807, 2.05) is 0 Å². The van der Waals surface area contributed by atoms with Crippen molar-refractivity contribution >= 4 is 11.9 Å². The topological polar surface area (TPSA) is 64.6 Å². The van der Waals surface area contributed by atoms with Gasteiger partial charge < -0.3 is 14.8 Å². The second-order valence-corrected chi connectivity index (χ2v) is 6.51. The lowest BCUT2D eigenvalue weighted by molar-refractivity contribution is -0.157. The normalized spacial score (nSPS) is 15.5. The van der Waals surface area contributed by atoms with Gasteiger partial charge in [0.15, 0.2) is 17.4 Å². The molecule has 0 unspecified atom stereocenters. The lowest BCUT2D eigenvalue weighted by atomic mass is 9.74. The van der Waals surface area contributed by atoms with Gasteiger partial charge in [0.2, 0.25) is 0 Å². The molecule has 1 aromatic rings. The fourth-order valence-corrected chi connectivity index (χ4v) is 3.26. The van der Waals surface area contributed by atoms with E-state index < -0.39 is 28.7 Å². The van der Waals surface area contributed by atoms with Gasteiger partial charge >= 0.3 is 5.97 Å². The van der Waals surface area contributed by atoms with Gasteiger partial charge in [0, 0.05) is 12.1 Å². The fraction of sp³-hybridized carbons (Fsp3) is 0.500. The van der Waals surface area contributed by atoms with Crippen LogP contribution < -0.4 is 10.1 Å². The minimum absolute atomic E-state index is 0.0588. The minimum Gasteiger partial charge on any atom is -0.475 e. The number of esters is 1. The van der Waals surface area contributed by atoms with E-state index >= 15 is 0 Å². The molecule has 0 aromatic heterocycles. The van der Waals surface area contributed by atoms with E-state index in [9.17, 15) is 18.4 Å². The summed E-state index contributed by atoms with van der Waals surface area (Å²) in [5, 5.41) is 2.62. The Labute approximate surface area is 157 Å². The van der Waals surface area contributed by atoms with Crippen molar-refractivity contribution in [3.63, 3.8) is 0 Å². The van der Waals surface area contributed by atoms with Gasteiger partial charge in [-0.2, -0.15) is 0 Å². The summed E-state index contributed by atoms with van der Waals surface area (Å²) < 4.78 is 38.0. The Balaban J connectivity index is 2.11. The summed E-state index contributed by atoms with van der Waals surface area (Å²) in [7, 11) is 0. The van der Waals surface area contributed by atoms with Crippen LogP contribution in [0.2, 0.25) is 0 Å². The number of carbonyl (C=O) groups excluding carboxylic acids is 2. The number of nitrogens with one attached hydrogen (secondary N) is 1. The number of hydrogen-bond acceptors (Lipinski definition) is 4. The van der Waals surface area contributed by atoms with Crippen LogP contribution in [-0.2, 0) is 9.53 Å². The maximum atomic E-state index is 14.0. The summed E-state index contributed by atoms with van der Waals surface area (Å²) >= 11 is 0. The summed E-state index contributed by atoms with van der Waals surface area (Å²) in [5.74, 6) is -1.58. The number of carbonyl (C=O) groups is 2. The van der Waals surface area contributed by atoms with Crippen molar-refractivity contribution in [2.45, 2.75) is 39.0 Å². The molecule has 1 aromatic carbocycles. The van der Waals surface area contributed by atoms with Crippen LogP contribution in [-0.4, -0.2) is 31.6 Å². The van der Waals surface area contributed by atoms with Gasteiger partial charge in [0.05, 0.1) is 12.0 Å². The van der Waals surface area contributed by atoms with Gasteiger partial charge in [0.1, 0.15) is 6.61 Å². The quantitative estimate of drug-likeness (QED) is 0.584. The molecule has 5 nitrogen and oxygen atoms in total. The molecular formula is C20H23F2NO4. The Morgan fingerprint density at radius 3 is 2.41 bits per heavy atom. The van der Waals surface area contributed by atoms with Crippen LogP contribution in [0, 0.1) is 29.4 Å². The van der Waals surface area contributed by atoms with E-state index in [-0.39, 0.29) is 31.3 Å². The largest absolute Gasteiger partial charge is 0.475 e. The van der Waals surface area contributed by atoms with Crippen LogP contribution in [0.25, 0.3) is 0 Å². The molecule has 2 rings (SSSR count). The first-order valence-electron chi connectivity index (χ1n) is 8.94. The van der Waals surface area contributed by atoms with Gasteiger partial charge in [-0.3, -0.25) is 9.59 Å². The average molecular weight is 379 g/mol. The molecule has 0 saturated heterocycles. The zero-order valence-corrected chi connectivity index (χ0v) is 15.3. The van der Waals surface area contributed by atoms with Crippen molar-refractivity contribution in [1.82, 2.24) is 5.32 Å². The Hall–Kier alpha value is -2.62. The number of rotatable bonds is 7. The number of halogens is 2. The van der Waals surface area contributed by atoms with Crippen LogP contribution in [0.3, 0.4) is 0 Å². The van der Waals surface area contributed by atoms with Gasteiger partial charge in [-0.1, -0.05) is 25.2 Å². The molecule has 7 heteroatoms. The first kappa shape index (κ1) is 20.7. The molecule has 1 N–H and O–H groups in total. The molecule has 27 heavy (non-hydrogen) atoms. The van der Waals surface area contributed by atoms with E-state index in [2.05, 4.69) is 11.2 Å². The van der Waals surface area contributed by atoms with Crippen molar-refractivity contribution in [3.8, 4) is 18.1 Å². The monoisotopic (exact) mass is 379 g/mol. The van der Waals surface area contributed by atoms with E-state index in [0.717, 1.165) is 31.4 Å². The third kappa shape index (κ3) is 4.97. The highest BCUT2D eigenvalue weighted by molar-refractivity contribution is 5.94. The number of amides is 1. The summed E-state index contributed by atoms with van der Waals surface area (Å²) in [4.78, 5) is 24.8. The molecule has 1 aliphatic rings. The molecule has 0 atom stereocenters. The number of benzene rings is 1. The summed E-state index contributed by atoms with van der Waals surface area (Å²) in [5.41, 5.74) is -0.996. The minimum atomic E-state index is -1.02. The highest BCUT2D eigenvalue weighted by atomic mass is 19.1. The first-order valence-corrected chi connectivity index (χ1v) is 8.94. The molecule has 0 radical (unpaired) electrons. The Kier molecular flexibility index (Phi) is 7.17. The Morgan fingerprint density at radius 2 is 1.85 bits per heavy atom. The highest BCUT2D eigenvalue weighted by Crippen LogP contribution is 2.37. The third-order valence-corrected chi connectivity index (χ3v) is 4.67. The van der Waals surface area contributed by atoms with Crippen molar-refractivity contribution in [2.24, 2.45) is 5.41 Å². The first-order chi connectivity index (χ1) is 12.9. The smallest absolute Gasteiger partial charge is 0.313 e. The summed E-state index contributed by atoms with van der Waals surface area (Å²) in [6.07, 6.45) is 8.95. The van der Waals surface area contributed by atoms with Crippen molar-refractivity contribution in [1.29, 1.82) is 0 Å². The number of terminal acetylenes is 1. The lowest BCUT2D eigenvalue weighted by Crippen LogP contribution is -2.45. The SMILES string of the molecule is C#CCOc1c(F)cc(C(=O)NCC2(C(=O)OCC)CCCCC2)cc1F. The second kappa shape index (κ2) is 9.36. The van der Waals surface area contributed by atoms with Crippen LogP contribution >= 0.6 is 0 Å². The zero-order chi connectivity index (χ0) is 19.9. The van der Waals surface area contributed by atoms with Crippen LogP contribution in [0.15, 0.2) is 12.1 Å². The van der Waals surface area contributed by atoms with Gasteiger partial charge in [-0.05, 0) is 31.9 Å². The molecular weight excluding hydrogens is 356 g/mol. The van der Waals surface area contributed by atoms with Crippen molar-refractivity contribution in [3.05, 3.63) is 29.3 Å². The van der Waals surface area contributed by atoms with Crippen LogP contribution in [0.1, 0.15) is 49.4 Å². The third-order valence-electron chi connectivity index (χ3n) is 4.67. The average Bonchev–Trinajstić information content (AvgIpc) is 2.66. The predicted octanol–water partition coefficient (Wildman–Crippen LogP) is 3.22. The van der Waals surface area contributed by atoms with Crippen molar-refractivity contribution in [2.75, 3.05) is 19.8 Å². The number of hydrogen-bond donors (Lipinski definition) is 1. The maximum absolute atomic E-state index is 14.0. The molecule has 0 spiro atoms. The van der Waals surface area contributed by atoms with E-state index in [0.29, 0.717) is 12.8 Å². The second-order valence-electron chi connectivity index (χ2n) is 6.51. The molecule has 1 amide bonds. The molecule has 0 bridgehead atoms. The summed E-state index contributed by atoms with van der Waals surface area (Å²) in [6, 6.07) is 1.75. The van der Waals surface area contributed by atoms with Gasteiger partial charge in [-0.25, -0.2) is 8.78 Å². The van der Waals surface area contributed by atoms with Gasteiger partial charge in [0.25, 0.3) is 5.91 Å². The molecule has 0 aliphatic heterocycles. The van der Waals surface area contributed by atoms with E-state index in [1.54, 1.807) is 6.92 Å². The number of ether oxygens (including phenoxy) is 2. The molecule has 1 aliphatic carbocycles. The molecule has 146 valence electrons. The summed E-state index contributed by atoms with van der Waals surface area (Å²) in [6.45, 7) is 1.75. The highest BCUT2D eigenvalue weighted by Gasteiger charge is 2.41. The van der Waals surface area contributed by atoms with Gasteiger partial charge in [-0.15, -0.1) is 6.42 Å². The molecule has 1 saturated carbocycles. The van der Waals surface area contributed by atoms with E-state index in [4.69, 9.17) is 15.9 Å². The Morgan fingerprint density at radius 1 is 1.22 bits per heavy atom. The lowest BCUT2D eigenvalue weighted by Gasteiger charge is -2.34. The van der Waals surface area contributed by atoms with E-state index in [1.165, 1.54) is 0 Å². The van der Waals surface area contributed by atoms with Crippen molar-refractivity contribution < 1.29 is 27.8 Å². The Bertz CT molecular complexity index is 713. The fourth-order valence-electron chi connectivity index (χ4n) is 3.26. The maximum Gasteiger partial charge on any atom is 0.313 e. The standard InChI is InChI=1S/C20H23F2NO4/c1-3-10-27-17-15(21)11-14(12-16(17)22)18(24)23-13-20(19(25)26-4-2)8-6-5-7-9-20/h1,11-12H,4-10,13H2,2H3,(H,23,24). The van der Waals surface area contributed by atoms with Crippen LogP contribution in [0.5, 0.6) is 5.75 Å². The predicted molar refractivity (Wildman–Crippen MR) is 95.2 cm³/mol. The molecule has 0 heterocycles. The molecule has 1 fully saturated rings.